The largest absolute Gasteiger partial charge is 0.481 e. The van der Waals surface area contributed by atoms with Crippen molar-refractivity contribution >= 4 is 5.97 Å². The summed E-state index contributed by atoms with van der Waals surface area (Å²) in [7, 11) is 0. The summed E-state index contributed by atoms with van der Waals surface area (Å²) in [5.41, 5.74) is 0.905. The first kappa shape index (κ1) is 14.7. The summed E-state index contributed by atoms with van der Waals surface area (Å²) in [5.74, 6) is -0.808. The van der Waals surface area contributed by atoms with Gasteiger partial charge in [0, 0.05) is 0 Å². The van der Waals surface area contributed by atoms with Crippen molar-refractivity contribution in [2.24, 2.45) is 0 Å². The SMILES string of the molecule is CC(C)(C)OC(CCc1ccccc1)CC(=O)O. The molecule has 18 heavy (non-hydrogen) atoms. The van der Waals surface area contributed by atoms with E-state index in [0.29, 0.717) is 0 Å². The molecule has 0 heterocycles. The number of hydrogen-bond donors (Lipinski definition) is 1. The predicted molar refractivity (Wildman–Crippen MR) is 71.6 cm³/mol. The van der Waals surface area contributed by atoms with E-state index in [9.17, 15) is 4.79 Å². The average molecular weight is 250 g/mol. The second-order valence-corrected chi connectivity index (χ2v) is 5.47. The highest BCUT2D eigenvalue weighted by molar-refractivity contribution is 5.67. The van der Waals surface area contributed by atoms with Crippen molar-refractivity contribution < 1.29 is 14.6 Å². The summed E-state index contributed by atoms with van der Waals surface area (Å²) in [6, 6.07) is 10.1. The Morgan fingerprint density at radius 1 is 1.28 bits per heavy atom. The average Bonchev–Trinajstić information content (AvgIpc) is 2.24. The fraction of sp³-hybridized carbons (Fsp3) is 0.533. The molecule has 1 unspecified atom stereocenters. The van der Waals surface area contributed by atoms with Crippen molar-refractivity contribution in [2.45, 2.75) is 51.7 Å². The molecule has 0 fully saturated rings. The van der Waals surface area contributed by atoms with Crippen molar-refractivity contribution in [3.63, 3.8) is 0 Å². The van der Waals surface area contributed by atoms with Crippen molar-refractivity contribution in [3.05, 3.63) is 35.9 Å². The third-order valence-electron chi connectivity index (χ3n) is 2.52. The predicted octanol–water partition coefficient (Wildman–Crippen LogP) is 3.28. The number of rotatable bonds is 6. The first-order chi connectivity index (χ1) is 8.37. The molecular weight excluding hydrogens is 228 g/mol. The summed E-state index contributed by atoms with van der Waals surface area (Å²) < 4.78 is 5.79. The highest BCUT2D eigenvalue weighted by atomic mass is 16.5. The van der Waals surface area contributed by atoms with Crippen LogP contribution >= 0.6 is 0 Å². The number of carbonyl (C=O) groups is 1. The second-order valence-electron chi connectivity index (χ2n) is 5.47. The summed E-state index contributed by atoms with van der Waals surface area (Å²) >= 11 is 0. The Labute approximate surface area is 109 Å². The van der Waals surface area contributed by atoms with Crippen LogP contribution in [-0.2, 0) is 16.0 Å². The zero-order valence-electron chi connectivity index (χ0n) is 11.3. The Morgan fingerprint density at radius 2 is 1.89 bits per heavy atom. The molecule has 3 nitrogen and oxygen atoms in total. The topological polar surface area (TPSA) is 46.5 Å². The molecule has 0 radical (unpaired) electrons. The maximum absolute atomic E-state index is 10.8. The maximum Gasteiger partial charge on any atom is 0.305 e. The third-order valence-corrected chi connectivity index (χ3v) is 2.52. The lowest BCUT2D eigenvalue weighted by Crippen LogP contribution is -2.29. The first-order valence-electron chi connectivity index (χ1n) is 6.30. The smallest absolute Gasteiger partial charge is 0.305 e. The molecule has 0 saturated carbocycles. The Hall–Kier alpha value is -1.35. The van der Waals surface area contributed by atoms with E-state index >= 15 is 0 Å². The number of ether oxygens (including phenoxy) is 1. The molecule has 0 spiro atoms. The number of aryl methyl sites for hydroxylation is 1. The van der Waals surface area contributed by atoms with Crippen LogP contribution in [0.25, 0.3) is 0 Å². The van der Waals surface area contributed by atoms with Gasteiger partial charge in [0.25, 0.3) is 0 Å². The van der Waals surface area contributed by atoms with Gasteiger partial charge in [-0.25, -0.2) is 0 Å². The molecule has 0 aliphatic rings. The highest BCUT2D eigenvalue weighted by Gasteiger charge is 2.21. The summed E-state index contributed by atoms with van der Waals surface area (Å²) in [6.45, 7) is 5.85. The quantitative estimate of drug-likeness (QED) is 0.842. The van der Waals surface area contributed by atoms with Crippen LogP contribution in [0.15, 0.2) is 30.3 Å². The van der Waals surface area contributed by atoms with Crippen LogP contribution < -0.4 is 0 Å². The van der Waals surface area contributed by atoms with Gasteiger partial charge in [0.2, 0.25) is 0 Å². The minimum Gasteiger partial charge on any atom is -0.481 e. The van der Waals surface area contributed by atoms with Gasteiger partial charge in [-0.3, -0.25) is 4.79 Å². The van der Waals surface area contributed by atoms with Crippen LogP contribution in [0.2, 0.25) is 0 Å². The fourth-order valence-electron chi connectivity index (χ4n) is 1.87. The number of benzene rings is 1. The molecule has 1 N–H and O–H groups in total. The molecule has 1 aromatic carbocycles. The Bertz CT molecular complexity index is 365. The van der Waals surface area contributed by atoms with Gasteiger partial charge in [-0.2, -0.15) is 0 Å². The second kappa shape index (κ2) is 6.55. The standard InChI is InChI=1S/C15H22O3/c1-15(2,3)18-13(11-14(16)17)10-9-12-7-5-4-6-8-12/h4-8,13H,9-11H2,1-3H3,(H,16,17). The van der Waals surface area contributed by atoms with Gasteiger partial charge >= 0.3 is 5.97 Å². The molecule has 1 atom stereocenters. The minimum atomic E-state index is -0.808. The summed E-state index contributed by atoms with van der Waals surface area (Å²) in [6.07, 6.45) is 1.40. The molecule has 1 rings (SSSR count). The summed E-state index contributed by atoms with van der Waals surface area (Å²) in [5, 5.41) is 8.90. The Morgan fingerprint density at radius 3 is 2.39 bits per heavy atom. The van der Waals surface area contributed by atoms with E-state index in [1.54, 1.807) is 0 Å². The van der Waals surface area contributed by atoms with Gasteiger partial charge in [-0.05, 0) is 39.2 Å². The number of carboxylic acids is 1. The van der Waals surface area contributed by atoms with Crippen molar-refractivity contribution in [3.8, 4) is 0 Å². The zero-order valence-corrected chi connectivity index (χ0v) is 11.3. The third kappa shape index (κ3) is 6.40. The van der Waals surface area contributed by atoms with E-state index in [0.717, 1.165) is 12.8 Å². The molecule has 0 bridgehead atoms. The molecule has 100 valence electrons. The Kier molecular flexibility index (Phi) is 5.35. The van der Waals surface area contributed by atoms with Gasteiger partial charge in [0.15, 0.2) is 0 Å². The normalized spacial score (nSPS) is 13.3. The maximum atomic E-state index is 10.8. The van der Waals surface area contributed by atoms with E-state index in [1.165, 1.54) is 5.56 Å². The van der Waals surface area contributed by atoms with E-state index < -0.39 is 5.97 Å². The van der Waals surface area contributed by atoms with Gasteiger partial charge in [-0.1, -0.05) is 30.3 Å². The van der Waals surface area contributed by atoms with E-state index in [4.69, 9.17) is 9.84 Å². The van der Waals surface area contributed by atoms with Gasteiger partial charge in [0.1, 0.15) is 0 Å². The van der Waals surface area contributed by atoms with Crippen LogP contribution in [0.4, 0.5) is 0 Å². The van der Waals surface area contributed by atoms with Crippen LogP contribution in [0.1, 0.15) is 39.2 Å². The van der Waals surface area contributed by atoms with Gasteiger partial charge < -0.3 is 9.84 Å². The van der Waals surface area contributed by atoms with Crippen LogP contribution in [0, 0.1) is 0 Å². The number of carboxylic acid groups (broad SMARTS) is 1. The van der Waals surface area contributed by atoms with E-state index in [1.807, 2.05) is 39.0 Å². The minimum absolute atomic E-state index is 0.0596. The van der Waals surface area contributed by atoms with Crippen molar-refractivity contribution in [1.29, 1.82) is 0 Å². The lowest BCUT2D eigenvalue weighted by atomic mass is 10.0. The number of aliphatic carboxylic acids is 1. The van der Waals surface area contributed by atoms with Gasteiger partial charge in [0.05, 0.1) is 18.1 Å². The van der Waals surface area contributed by atoms with Crippen molar-refractivity contribution in [1.82, 2.24) is 0 Å². The van der Waals surface area contributed by atoms with Crippen molar-refractivity contribution in [2.75, 3.05) is 0 Å². The molecule has 0 amide bonds. The number of hydrogen-bond acceptors (Lipinski definition) is 2. The van der Waals surface area contributed by atoms with E-state index in [-0.39, 0.29) is 18.1 Å². The molecule has 0 aliphatic heterocycles. The van der Waals surface area contributed by atoms with Crippen LogP contribution in [0.5, 0.6) is 0 Å². The first-order valence-corrected chi connectivity index (χ1v) is 6.30. The fourth-order valence-corrected chi connectivity index (χ4v) is 1.87. The van der Waals surface area contributed by atoms with Gasteiger partial charge in [-0.15, -0.1) is 0 Å². The zero-order chi connectivity index (χ0) is 13.6. The molecular formula is C15H22O3. The molecule has 1 aromatic rings. The van der Waals surface area contributed by atoms with Crippen LogP contribution in [-0.4, -0.2) is 22.8 Å². The summed E-state index contributed by atoms with van der Waals surface area (Å²) in [4.78, 5) is 10.8. The molecule has 0 aromatic heterocycles. The van der Waals surface area contributed by atoms with Crippen LogP contribution in [0.3, 0.4) is 0 Å². The molecule has 0 aliphatic carbocycles. The monoisotopic (exact) mass is 250 g/mol. The lowest BCUT2D eigenvalue weighted by molar-refractivity contribution is -0.143. The molecule has 0 saturated heterocycles. The molecule has 3 heteroatoms. The lowest BCUT2D eigenvalue weighted by Gasteiger charge is -2.26. The highest BCUT2D eigenvalue weighted by Crippen LogP contribution is 2.17. The van der Waals surface area contributed by atoms with E-state index in [2.05, 4.69) is 12.1 Å². The Balaban J connectivity index is 2.53.